The summed E-state index contributed by atoms with van der Waals surface area (Å²) in [4.78, 5) is 41.2. The van der Waals surface area contributed by atoms with Crippen LogP contribution in [-0.2, 0) is 16.1 Å². The van der Waals surface area contributed by atoms with Gasteiger partial charge in [-0.25, -0.2) is 4.98 Å². The highest BCUT2D eigenvalue weighted by molar-refractivity contribution is 7.20. The summed E-state index contributed by atoms with van der Waals surface area (Å²) >= 11 is 1.09. The van der Waals surface area contributed by atoms with E-state index in [0.29, 0.717) is 26.6 Å². The lowest BCUT2D eigenvalue weighted by Gasteiger charge is -2.26. The summed E-state index contributed by atoms with van der Waals surface area (Å²) in [7, 11) is 0. The van der Waals surface area contributed by atoms with Crippen LogP contribution in [0.2, 0.25) is 0 Å². The molecule has 1 saturated carbocycles. The fourth-order valence-electron chi connectivity index (χ4n) is 3.22. The zero-order chi connectivity index (χ0) is 18.1. The number of carbonyl (C=O) groups is 2. The number of primary amides is 1. The van der Waals surface area contributed by atoms with E-state index in [1.165, 1.54) is 10.9 Å². The SMILES string of the molecule is Cc1c(C(N)=O)sc2ncn(CC(=O)OC3CCC(C)CC3)c(=O)c12. The van der Waals surface area contributed by atoms with E-state index in [-0.39, 0.29) is 18.2 Å². The van der Waals surface area contributed by atoms with Gasteiger partial charge in [0, 0.05) is 0 Å². The van der Waals surface area contributed by atoms with Crippen LogP contribution < -0.4 is 11.3 Å². The lowest BCUT2D eigenvalue weighted by atomic mass is 9.89. The molecule has 0 aromatic carbocycles. The van der Waals surface area contributed by atoms with Crippen molar-refractivity contribution < 1.29 is 14.3 Å². The zero-order valence-electron chi connectivity index (χ0n) is 14.3. The molecule has 134 valence electrons. The van der Waals surface area contributed by atoms with E-state index >= 15 is 0 Å². The first-order chi connectivity index (χ1) is 11.9. The molecule has 1 amide bonds. The molecule has 1 aliphatic rings. The van der Waals surface area contributed by atoms with Crippen LogP contribution in [0, 0.1) is 12.8 Å². The van der Waals surface area contributed by atoms with Crippen LogP contribution in [0.3, 0.4) is 0 Å². The molecule has 1 fully saturated rings. The largest absolute Gasteiger partial charge is 0.461 e. The normalized spacial score (nSPS) is 20.6. The van der Waals surface area contributed by atoms with Gasteiger partial charge in [0.25, 0.3) is 11.5 Å². The van der Waals surface area contributed by atoms with Crippen molar-refractivity contribution in [3.63, 3.8) is 0 Å². The van der Waals surface area contributed by atoms with Crippen molar-refractivity contribution in [2.75, 3.05) is 0 Å². The zero-order valence-corrected chi connectivity index (χ0v) is 15.1. The Kier molecular flexibility index (Phi) is 4.89. The van der Waals surface area contributed by atoms with E-state index in [1.54, 1.807) is 6.92 Å². The Labute approximate surface area is 148 Å². The fraction of sp³-hybridized carbons (Fsp3) is 0.529. The average molecular weight is 363 g/mol. The summed E-state index contributed by atoms with van der Waals surface area (Å²) < 4.78 is 6.71. The fourth-order valence-corrected chi connectivity index (χ4v) is 4.21. The highest BCUT2D eigenvalue weighted by atomic mass is 32.1. The molecule has 2 N–H and O–H groups in total. The summed E-state index contributed by atoms with van der Waals surface area (Å²) in [5, 5.41) is 0.334. The number of aromatic nitrogens is 2. The standard InChI is InChI=1S/C17H21N3O4S/c1-9-3-5-11(6-4-9)24-12(21)7-20-8-19-16-13(17(20)23)10(2)14(25-16)15(18)22/h8-9,11H,3-7H2,1-2H3,(H2,18,22). The lowest BCUT2D eigenvalue weighted by molar-refractivity contribution is -0.151. The van der Waals surface area contributed by atoms with Crippen molar-refractivity contribution in [3.05, 3.63) is 27.1 Å². The number of hydrogen-bond donors (Lipinski definition) is 1. The Bertz CT molecular complexity index is 878. The van der Waals surface area contributed by atoms with Crippen LogP contribution in [0.1, 0.15) is 47.8 Å². The topological polar surface area (TPSA) is 104 Å². The third-order valence-electron chi connectivity index (χ3n) is 4.70. The summed E-state index contributed by atoms with van der Waals surface area (Å²) in [5.74, 6) is -0.353. The summed E-state index contributed by atoms with van der Waals surface area (Å²) in [6.45, 7) is 3.67. The molecule has 0 atom stereocenters. The molecule has 2 aromatic heterocycles. The smallest absolute Gasteiger partial charge is 0.326 e. The minimum Gasteiger partial charge on any atom is -0.461 e. The van der Waals surface area contributed by atoms with Crippen molar-refractivity contribution in [2.45, 2.75) is 52.2 Å². The van der Waals surface area contributed by atoms with Crippen LogP contribution in [0.5, 0.6) is 0 Å². The number of hydrogen-bond acceptors (Lipinski definition) is 6. The monoisotopic (exact) mass is 363 g/mol. The third-order valence-corrected chi connectivity index (χ3v) is 5.92. The van der Waals surface area contributed by atoms with Gasteiger partial charge in [-0.3, -0.25) is 19.0 Å². The number of rotatable bonds is 4. The molecular weight excluding hydrogens is 342 g/mol. The Morgan fingerprint density at radius 1 is 1.36 bits per heavy atom. The molecule has 2 heterocycles. The Morgan fingerprint density at radius 3 is 2.68 bits per heavy atom. The summed E-state index contributed by atoms with van der Waals surface area (Å²) in [5.41, 5.74) is 5.47. The van der Waals surface area contributed by atoms with E-state index in [4.69, 9.17) is 10.5 Å². The van der Waals surface area contributed by atoms with Gasteiger partial charge in [-0.05, 0) is 44.1 Å². The second-order valence-corrected chi connectivity index (χ2v) is 7.65. The molecule has 2 aromatic rings. The summed E-state index contributed by atoms with van der Waals surface area (Å²) in [6, 6.07) is 0. The predicted octanol–water partition coefficient (Wildman–Crippen LogP) is 1.99. The van der Waals surface area contributed by atoms with Gasteiger partial charge in [0.05, 0.1) is 16.6 Å². The van der Waals surface area contributed by atoms with E-state index in [2.05, 4.69) is 11.9 Å². The number of nitrogens with two attached hydrogens (primary N) is 1. The quantitative estimate of drug-likeness (QED) is 0.837. The number of carbonyl (C=O) groups excluding carboxylic acids is 2. The minimum absolute atomic E-state index is 0.0690. The number of ether oxygens (including phenoxy) is 1. The number of fused-ring (bicyclic) bond motifs is 1. The molecule has 25 heavy (non-hydrogen) atoms. The molecule has 0 saturated heterocycles. The number of amides is 1. The van der Waals surface area contributed by atoms with Crippen LogP contribution in [0.4, 0.5) is 0 Å². The molecule has 1 aliphatic carbocycles. The van der Waals surface area contributed by atoms with Gasteiger partial charge < -0.3 is 10.5 Å². The maximum absolute atomic E-state index is 12.6. The van der Waals surface area contributed by atoms with Crippen LogP contribution in [0.25, 0.3) is 10.2 Å². The molecule has 3 rings (SSSR count). The second-order valence-electron chi connectivity index (χ2n) is 6.65. The molecule has 0 bridgehead atoms. The lowest BCUT2D eigenvalue weighted by Crippen LogP contribution is -2.29. The highest BCUT2D eigenvalue weighted by Crippen LogP contribution is 2.27. The Morgan fingerprint density at radius 2 is 2.04 bits per heavy atom. The number of thiophene rings is 1. The molecule has 7 nitrogen and oxygen atoms in total. The van der Waals surface area contributed by atoms with Crippen LogP contribution in [-0.4, -0.2) is 27.5 Å². The van der Waals surface area contributed by atoms with Crippen molar-refractivity contribution in [1.82, 2.24) is 9.55 Å². The van der Waals surface area contributed by atoms with Crippen molar-refractivity contribution in [1.29, 1.82) is 0 Å². The second kappa shape index (κ2) is 6.95. The molecule has 0 unspecified atom stereocenters. The first-order valence-electron chi connectivity index (χ1n) is 8.34. The van der Waals surface area contributed by atoms with Gasteiger partial charge in [-0.2, -0.15) is 0 Å². The molecule has 0 aliphatic heterocycles. The van der Waals surface area contributed by atoms with Crippen molar-refractivity contribution in [2.24, 2.45) is 11.7 Å². The van der Waals surface area contributed by atoms with E-state index in [0.717, 1.165) is 37.0 Å². The number of esters is 1. The predicted molar refractivity (Wildman–Crippen MR) is 94.6 cm³/mol. The van der Waals surface area contributed by atoms with Gasteiger partial charge in [0.2, 0.25) is 0 Å². The first kappa shape index (κ1) is 17.6. The van der Waals surface area contributed by atoms with Crippen LogP contribution >= 0.6 is 11.3 Å². The number of nitrogens with zero attached hydrogens (tertiary/aromatic N) is 2. The van der Waals surface area contributed by atoms with Crippen molar-refractivity contribution in [3.8, 4) is 0 Å². The average Bonchev–Trinajstić information content (AvgIpc) is 2.90. The van der Waals surface area contributed by atoms with Gasteiger partial charge in [-0.1, -0.05) is 6.92 Å². The molecular formula is C17H21N3O4S. The maximum atomic E-state index is 12.6. The van der Waals surface area contributed by atoms with Gasteiger partial charge in [0.1, 0.15) is 17.5 Å². The third kappa shape index (κ3) is 3.58. The Hall–Kier alpha value is -2.22. The molecule has 0 spiro atoms. The van der Waals surface area contributed by atoms with Gasteiger partial charge in [0.15, 0.2) is 0 Å². The van der Waals surface area contributed by atoms with Crippen LogP contribution in [0.15, 0.2) is 11.1 Å². The van der Waals surface area contributed by atoms with Gasteiger partial charge >= 0.3 is 5.97 Å². The van der Waals surface area contributed by atoms with E-state index in [1.807, 2.05) is 0 Å². The molecule has 8 heteroatoms. The highest BCUT2D eigenvalue weighted by Gasteiger charge is 2.23. The maximum Gasteiger partial charge on any atom is 0.326 e. The first-order valence-corrected chi connectivity index (χ1v) is 9.16. The minimum atomic E-state index is -0.586. The Balaban J connectivity index is 1.78. The van der Waals surface area contributed by atoms with E-state index in [9.17, 15) is 14.4 Å². The molecule has 0 radical (unpaired) electrons. The van der Waals surface area contributed by atoms with Gasteiger partial charge in [-0.15, -0.1) is 11.3 Å². The van der Waals surface area contributed by atoms with Crippen molar-refractivity contribution >= 4 is 33.4 Å². The number of aryl methyl sites for hydroxylation is 1. The summed E-state index contributed by atoms with van der Waals surface area (Å²) in [6.07, 6.45) is 5.08. The van der Waals surface area contributed by atoms with E-state index < -0.39 is 11.9 Å².